The van der Waals surface area contributed by atoms with Crippen LogP contribution in [0, 0.1) is 0 Å². The van der Waals surface area contributed by atoms with Crippen LogP contribution >= 0.6 is 0 Å². The summed E-state index contributed by atoms with van der Waals surface area (Å²) in [6, 6.07) is 73.0. The topological polar surface area (TPSA) is 34.5 Å². The summed E-state index contributed by atoms with van der Waals surface area (Å²) < 4.78 is 15.8. The van der Waals surface area contributed by atoms with Gasteiger partial charge in [-0.15, -0.1) is 0 Å². The molecule has 0 radical (unpaired) electrons. The normalized spacial score (nSPS) is 11.8. The average molecular weight is 743 g/mol. The van der Waals surface area contributed by atoms with Crippen LogP contribution in [0.2, 0.25) is 0 Å². The molecule has 0 aliphatic heterocycles. The highest BCUT2D eigenvalue weighted by atomic mass is 16.3. The van der Waals surface area contributed by atoms with Gasteiger partial charge < -0.3 is 18.3 Å². The van der Waals surface area contributed by atoms with Crippen LogP contribution in [-0.4, -0.2) is 4.57 Å². The summed E-state index contributed by atoms with van der Waals surface area (Å²) in [4.78, 5) is 2.29. The Morgan fingerprint density at radius 2 is 0.897 bits per heavy atom. The molecule has 0 saturated carbocycles. The number of anilines is 3. The number of rotatable bonds is 6. The summed E-state index contributed by atoms with van der Waals surface area (Å²) in [5.74, 6) is 0. The van der Waals surface area contributed by atoms with E-state index in [1.807, 2.05) is 0 Å². The van der Waals surface area contributed by atoms with E-state index in [-0.39, 0.29) is 0 Å². The number of furan rings is 2. The Morgan fingerprint density at radius 1 is 0.328 bits per heavy atom. The molecule has 0 bridgehead atoms. The molecule has 0 fully saturated rings. The molecule has 12 aromatic rings. The van der Waals surface area contributed by atoms with E-state index in [2.05, 4.69) is 216 Å². The molecule has 272 valence electrons. The number of nitrogens with zero attached hydrogens (tertiary/aromatic N) is 2. The molecular weight excluding hydrogens is 709 g/mol. The van der Waals surface area contributed by atoms with Crippen LogP contribution in [0.5, 0.6) is 0 Å². The Bertz CT molecular complexity index is 3450. The molecule has 0 aliphatic rings. The first-order chi connectivity index (χ1) is 28.7. The highest BCUT2D eigenvalue weighted by Gasteiger charge is 2.22. The van der Waals surface area contributed by atoms with Crippen LogP contribution < -0.4 is 4.90 Å². The van der Waals surface area contributed by atoms with Gasteiger partial charge in [0.05, 0.1) is 22.4 Å². The van der Waals surface area contributed by atoms with E-state index in [4.69, 9.17) is 8.83 Å². The third kappa shape index (κ3) is 5.09. The van der Waals surface area contributed by atoms with Crippen molar-refractivity contribution in [3.63, 3.8) is 0 Å². The first-order valence-electron chi connectivity index (χ1n) is 19.7. The second-order valence-electron chi connectivity index (χ2n) is 14.9. The minimum atomic E-state index is 0.821. The molecule has 0 N–H and O–H groups in total. The molecule has 0 atom stereocenters. The van der Waals surface area contributed by atoms with E-state index < -0.39 is 0 Å². The fraction of sp³-hybridized carbons (Fsp3) is 0. The van der Waals surface area contributed by atoms with Crippen molar-refractivity contribution in [1.82, 2.24) is 4.57 Å². The van der Waals surface area contributed by atoms with Crippen LogP contribution in [0.3, 0.4) is 0 Å². The highest BCUT2D eigenvalue weighted by Crippen LogP contribution is 2.45. The van der Waals surface area contributed by atoms with Crippen molar-refractivity contribution in [1.29, 1.82) is 0 Å². The minimum absolute atomic E-state index is 0.821. The molecule has 3 aromatic heterocycles. The molecule has 9 aromatic carbocycles. The van der Waals surface area contributed by atoms with Crippen molar-refractivity contribution in [2.24, 2.45) is 0 Å². The van der Waals surface area contributed by atoms with Gasteiger partial charge in [-0.3, -0.25) is 0 Å². The van der Waals surface area contributed by atoms with Crippen LogP contribution in [0.4, 0.5) is 17.1 Å². The van der Waals surface area contributed by atoms with Gasteiger partial charge in [0.25, 0.3) is 0 Å². The standard InChI is InChI=1S/C54H34N2O2/c1-3-12-35(13-4-1)37-22-25-39(26-23-37)55(50-21-11-18-45-46-32-38(36-14-5-2-6-15-36)24-30-52(46)58-54(45)50)41-27-29-44-47-33-40(28-31-51(47)57-53(44)34-41)56-48-19-9-7-16-42(48)43-17-8-10-20-49(43)56/h1-34H. The SMILES string of the molecule is c1ccc(-c2ccc(N(c3ccc4c(c3)oc3ccc(-n5c6ccccc6c6ccccc65)cc34)c3cccc4c3oc3ccc(-c5ccccc5)cc34)cc2)cc1. The molecule has 0 spiro atoms. The van der Waals surface area contributed by atoms with E-state index in [1.54, 1.807) is 0 Å². The van der Waals surface area contributed by atoms with Crippen molar-refractivity contribution in [3.8, 4) is 27.9 Å². The maximum atomic E-state index is 6.77. The maximum absolute atomic E-state index is 6.77. The highest BCUT2D eigenvalue weighted by molar-refractivity contribution is 6.13. The van der Waals surface area contributed by atoms with Crippen molar-refractivity contribution < 1.29 is 8.83 Å². The van der Waals surface area contributed by atoms with Gasteiger partial charge in [-0.2, -0.15) is 0 Å². The molecule has 4 nitrogen and oxygen atoms in total. The Labute approximate surface area is 334 Å². The molecule has 0 unspecified atom stereocenters. The fourth-order valence-electron chi connectivity index (χ4n) is 8.86. The second kappa shape index (κ2) is 12.9. The Morgan fingerprint density at radius 3 is 1.64 bits per heavy atom. The maximum Gasteiger partial charge on any atom is 0.159 e. The Hall–Kier alpha value is -7.82. The summed E-state index contributed by atoms with van der Waals surface area (Å²) >= 11 is 0. The molecular formula is C54H34N2O2. The zero-order valence-corrected chi connectivity index (χ0v) is 31.3. The van der Waals surface area contributed by atoms with E-state index >= 15 is 0 Å². The largest absolute Gasteiger partial charge is 0.456 e. The molecule has 0 amide bonds. The van der Waals surface area contributed by atoms with Gasteiger partial charge in [-0.1, -0.05) is 127 Å². The summed E-state index contributed by atoms with van der Waals surface area (Å²) in [5, 5.41) is 6.79. The zero-order chi connectivity index (χ0) is 38.2. The summed E-state index contributed by atoms with van der Waals surface area (Å²) in [5.41, 5.74) is 14.4. The smallest absolute Gasteiger partial charge is 0.159 e. The molecule has 3 heterocycles. The van der Waals surface area contributed by atoms with Crippen molar-refractivity contribution in [2.45, 2.75) is 0 Å². The lowest BCUT2D eigenvalue weighted by Gasteiger charge is -2.25. The predicted octanol–water partition coefficient (Wildman–Crippen LogP) is 15.4. The molecule has 4 heteroatoms. The zero-order valence-electron chi connectivity index (χ0n) is 31.3. The third-order valence-corrected chi connectivity index (χ3v) is 11.6. The Kier molecular flexibility index (Phi) is 7.20. The van der Waals surface area contributed by atoms with E-state index in [9.17, 15) is 0 Å². The van der Waals surface area contributed by atoms with Gasteiger partial charge in [-0.05, 0) is 95.1 Å². The van der Waals surface area contributed by atoms with Gasteiger partial charge in [0.2, 0.25) is 0 Å². The first-order valence-corrected chi connectivity index (χ1v) is 19.7. The van der Waals surface area contributed by atoms with Gasteiger partial charge in [0.1, 0.15) is 16.7 Å². The molecule has 12 rings (SSSR count). The molecule has 0 saturated heterocycles. The number of hydrogen-bond donors (Lipinski definition) is 0. The Balaban J connectivity index is 1.03. The average Bonchev–Trinajstić information content (AvgIpc) is 3.96. The second-order valence-corrected chi connectivity index (χ2v) is 14.9. The monoisotopic (exact) mass is 742 g/mol. The first kappa shape index (κ1) is 32.4. The third-order valence-electron chi connectivity index (χ3n) is 11.6. The van der Waals surface area contributed by atoms with Gasteiger partial charge in [-0.25, -0.2) is 0 Å². The quantitative estimate of drug-likeness (QED) is 0.170. The van der Waals surface area contributed by atoms with Gasteiger partial charge in [0, 0.05) is 49.8 Å². The number of para-hydroxylation sites is 3. The fourth-order valence-corrected chi connectivity index (χ4v) is 8.86. The summed E-state index contributed by atoms with van der Waals surface area (Å²) in [6.45, 7) is 0. The number of aromatic nitrogens is 1. The van der Waals surface area contributed by atoms with Crippen molar-refractivity contribution in [3.05, 3.63) is 206 Å². The molecule has 58 heavy (non-hydrogen) atoms. The van der Waals surface area contributed by atoms with Crippen molar-refractivity contribution >= 4 is 82.7 Å². The number of fused-ring (bicyclic) bond motifs is 9. The minimum Gasteiger partial charge on any atom is -0.456 e. The lowest BCUT2D eigenvalue weighted by atomic mass is 10.0. The van der Waals surface area contributed by atoms with E-state index in [0.717, 1.165) is 77.8 Å². The van der Waals surface area contributed by atoms with Crippen LogP contribution in [0.15, 0.2) is 215 Å². The number of benzene rings is 9. The van der Waals surface area contributed by atoms with Crippen LogP contribution in [0.1, 0.15) is 0 Å². The number of hydrogen-bond acceptors (Lipinski definition) is 3. The van der Waals surface area contributed by atoms with Gasteiger partial charge in [0.15, 0.2) is 5.58 Å². The molecule has 0 aliphatic carbocycles. The lowest BCUT2D eigenvalue weighted by Crippen LogP contribution is -2.10. The van der Waals surface area contributed by atoms with Crippen molar-refractivity contribution in [2.75, 3.05) is 4.90 Å². The van der Waals surface area contributed by atoms with Gasteiger partial charge >= 0.3 is 0 Å². The van der Waals surface area contributed by atoms with E-state index in [1.165, 1.54) is 32.9 Å². The van der Waals surface area contributed by atoms with E-state index in [0.29, 0.717) is 0 Å². The lowest BCUT2D eigenvalue weighted by molar-refractivity contribution is 0.667. The van der Waals surface area contributed by atoms with Crippen LogP contribution in [0.25, 0.3) is 93.6 Å². The summed E-state index contributed by atoms with van der Waals surface area (Å²) in [7, 11) is 0. The summed E-state index contributed by atoms with van der Waals surface area (Å²) in [6.07, 6.45) is 0. The predicted molar refractivity (Wildman–Crippen MR) is 241 cm³/mol. The van der Waals surface area contributed by atoms with Crippen LogP contribution in [-0.2, 0) is 0 Å².